The van der Waals surface area contributed by atoms with E-state index in [0.29, 0.717) is 39.0 Å². The number of primary amides is 1. The molecular weight excluding hydrogens is 1310 g/mol. The number of amides is 13. The SMILES string of the molecule is CC(=O)N[C@@H](Cc1ccc2ccccc2c1)C(=O)N[C@@H](Cc1ccc(Cl)cc1)C(=O)N[C@@H](Cc1c[nH]c2ccccc12)C(=O)N[C@H]1CC(=O)NC[C@H](C(N)=O)NC(=O)[C@@H]2CCCN2C(=O)[C@H]2CCCCNC(=O)CC[C@H](NC1=O)C(=O)N[C@H](CCN=C(N)N)C(=O)N[C@@H](CC(C)C)C(=O)N2. The van der Waals surface area contributed by atoms with Gasteiger partial charge in [-0.3, -0.25) is 67.3 Å². The lowest BCUT2D eigenvalue weighted by Gasteiger charge is -2.31. The molecule has 2 bridgehead atoms. The van der Waals surface area contributed by atoms with Crippen LogP contribution in [0, 0.1) is 5.92 Å². The first-order valence-electron chi connectivity index (χ1n) is 33.4. The van der Waals surface area contributed by atoms with E-state index in [-0.39, 0.29) is 89.3 Å². The number of aliphatic imine (C=N–C) groups is 1. The fourth-order valence-electron chi connectivity index (χ4n) is 12.3. The number of aromatic amines is 1. The maximum Gasteiger partial charge on any atom is 0.245 e. The predicted octanol–water partition coefficient (Wildman–Crippen LogP) is -0.828. The molecule has 0 saturated carbocycles. The van der Waals surface area contributed by atoms with Crippen molar-refractivity contribution >= 4 is 116 Å². The van der Waals surface area contributed by atoms with Crippen LogP contribution < -0.4 is 75.7 Å². The Balaban J connectivity index is 1.18. The highest BCUT2D eigenvalue weighted by Gasteiger charge is 2.41. The average Bonchev–Trinajstić information content (AvgIpc) is 1.60. The van der Waals surface area contributed by atoms with Crippen LogP contribution in [0.1, 0.15) is 102 Å². The number of nitrogens with zero attached hydrogens (tertiary/aromatic N) is 2. The van der Waals surface area contributed by atoms with Gasteiger partial charge in [0, 0.05) is 80.9 Å². The fraction of sp³-hybridized carbons (Fsp3) is 0.449. The second-order valence-electron chi connectivity index (χ2n) is 25.7. The number of halogens is 1. The number of nitrogens with one attached hydrogen (secondary N) is 12. The van der Waals surface area contributed by atoms with E-state index < -0.39 is 163 Å². The molecule has 0 unspecified atom stereocenters. The van der Waals surface area contributed by atoms with E-state index >= 15 is 14.4 Å². The summed E-state index contributed by atoms with van der Waals surface area (Å²) in [7, 11) is 0. The van der Waals surface area contributed by atoms with Gasteiger partial charge >= 0.3 is 0 Å². The van der Waals surface area contributed by atoms with Gasteiger partial charge in [-0.15, -0.1) is 0 Å². The molecule has 10 atom stereocenters. The van der Waals surface area contributed by atoms with Crippen molar-refractivity contribution in [1.29, 1.82) is 0 Å². The second-order valence-corrected chi connectivity index (χ2v) is 26.2. The van der Waals surface area contributed by atoms with Gasteiger partial charge < -0.3 is 85.6 Å². The smallest absolute Gasteiger partial charge is 0.245 e. The Morgan fingerprint density at radius 2 is 1.28 bits per heavy atom. The summed E-state index contributed by atoms with van der Waals surface area (Å²) in [6.07, 6.45) is -0.0812. The van der Waals surface area contributed by atoms with Crippen LogP contribution in [0.3, 0.4) is 0 Å². The van der Waals surface area contributed by atoms with Gasteiger partial charge in [-0.25, -0.2) is 0 Å². The van der Waals surface area contributed by atoms with Gasteiger partial charge in [-0.05, 0) is 103 Å². The maximum absolute atomic E-state index is 15.5. The lowest BCUT2D eigenvalue weighted by atomic mass is 9.99. The summed E-state index contributed by atoms with van der Waals surface area (Å²) >= 11 is 6.28. The number of carbonyl (C=O) groups excluding carboxylic acids is 13. The molecule has 0 radical (unpaired) electrons. The third kappa shape index (κ3) is 21.7. The zero-order valence-corrected chi connectivity index (χ0v) is 56.7. The number of benzene rings is 4. The Morgan fingerprint density at radius 3 is 1.99 bits per heavy atom. The first kappa shape index (κ1) is 75.1. The molecule has 4 aromatic carbocycles. The van der Waals surface area contributed by atoms with Crippen LogP contribution in [0.15, 0.2) is 102 Å². The molecule has 100 heavy (non-hydrogen) atoms. The molecule has 5 heterocycles. The van der Waals surface area contributed by atoms with E-state index in [1.165, 1.54) is 11.8 Å². The van der Waals surface area contributed by atoms with Crippen molar-refractivity contribution in [2.24, 2.45) is 28.1 Å². The van der Waals surface area contributed by atoms with Crippen molar-refractivity contribution in [2.75, 3.05) is 26.2 Å². The van der Waals surface area contributed by atoms with Crippen molar-refractivity contribution in [3.63, 3.8) is 0 Å². The lowest BCUT2D eigenvalue weighted by Crippen LogP contribution is -2.61. The van der Waals surface area contributed by atoms with Crippen LogP contribution >= 0.6 is 11.6 Å². The van der Waals surface area contributed by atoms with E-state index in [2.05, 4.69) is 68.5 Å². The molecule has 18 N–H and O–H groups in total. The monoisotopic (exact) mass is 1400 g/mol. The van der Waals surface area contributed by atoms with Crippen molar-refractivity contribution in [3.05, 3.63) is 119 Å². The van der Waals surface area contributed by atoms with Gasteiger partial charge in [0.25, 0.3) is 0 Å². The van der Waals surface area contributed by atoms with Gasteiger partial charge in [0.15, 0.2) is 5.96 Å². The molecule has 31 heteroatoms. The van der Waals surface area contributed by atoms with Gasteiger partial charge in [0.05, 0.1) is 6.42 Å². The molecule has 1 aromatic heterocycles. The Hall–Kier alpha value is -10.6. The fourth-order valence-corrected chi connectivity index (χ4v) is 12.4. The van der Waals surface area contributed by atoms with Gasteiger partial charge in [0.1, 0.15) is 60.4 Å². The van der Waals surface area contributed by atoms with E-state index in [9.17, 15) is 47.9 Å². The van der Waals surface area contributed by atoms with E-state index in [1.54, 1.807) is 68.6 Å². The summed E-state index contributed by atoms with van der Waals surface area (Å²) in [5.41, 5.74) is 19.5. The Bertz CT molecular complexity index is 3880. The molecule has 0 spiro atoms. The average molecular weight is 1400 g/mol. The van der Waals surface area contributed by atoms with Crippen molar-refractivity contribution in [3.8, 4) is 0 Å². The topological polar surface area (TPSA) is 464 Å². The molecule has 4 aliphatic rings. The Labute approximate surface area is 582 Å². The first-order chi connectivity index (χ1) is 47.8. The molecule has 4 fully saturated rings. The number of aromatic nitrogens is 1. The molecular formula is C69H88ClN17O13. The minimum atomic E-state index is -2.01. The number of rotatable bonds is 19. The number of para-hydroxylation sites is 1. The van der Waals surface area contributed by atoms with Crippen molar-refractivity contribution in [2.45, 2.75) is 165 Å². The quantitative estimate of drug-likeness (QED) is 0.0273. The van der Waals surface area contributed by atoms with Gasteiger partial charge in [-0.2, -0.15) is 0 Å². The third-order valence-electron chi connectivity index (χ3n) is 17.5. The molecule has 5 aromatic rings. The van der Waals surface area contributed by atoms with Gasteiger partial charge in [0.2, 0.25) is 76.8 Å². The highest BCUT2D eigenvalue weighted by molar-refractivity contribution is 6.30. The number of hydrogen-bond acceptors (Lipinski definition) is 14. The van der Waals surface area contributed by atoms with E-state index in [4.69, 9.17) is 28.8 Å². The van der Waals surface area contributed by atoms with Crippen LogP contribution in [0.25, 0.3) is 21.7 Å². The van der Waals surface area contributed by atoms with Crippen LogP contribution in [-0.4, -0.2) is 179 Å². The van der Waals surface area contributed by atoms with Crippen molar-refractivity contribution in [1.82, 2.24) is 68.4 Å². The van der Waals surface area contributed by atoms with Crippen LogP contribution in [0.4, 0.5) is 0 Å². The summed E-state index contributed by atoms with van der Waals surface area (Å²) in [6.45, 7) is 3.99. The normalized spacial score (nSPS) is 21.9. The maximum atomic E-state index is 15.5. The number of H-pyrrole nitrogens is 1. The number of nitrogens with two attached hydrogens (primary N) is 3. The van der Waals surface area contributed by atoms with E-state index in [0.717, 1.165) is 10.8 Å². The van der Waals surface area contributed by atoms with Crippen LogP contribution in [0.5, 0.6) is 0 Å². The lowest BCUT2D eigenvalue weighted by molar-refractivity contribution is -0.142. The molecule has 9 rings (SSSR count). The third-order valence-corrected chi connectivity index (χ3v) is 17.8. The summed E-state index contributed by atoms with van der Waals surface area (Å²) in [5, 5.41) is 32.1. The highest BCUT2D eigenvalue weighted by Crippen LogP contribution is 2.24. The summed E-state index contributed by atoms with van der Waals surface area (Å²) in [4.78, 5) is 196. The highest BCUT2D eigenvalue weighted by atomic mass is 35.5. The number of guanidine groups is 1. The minimum Gasteiger partial charge on any atom is -0.370 e. The summed E-state index contributed by atoms with van der Waals surface area (Å²) in [5.74, 6) is -12.1. The molecule has 4 saturated heterocycles. The van der Waals surface area contributed by atoms with E-state index in [1.807, 2.05) is 42.5 Å². The minimum absolute atomic E-state index is 0.00229. The molecule has 13 amide bonds. The zero-order chi connectivity index (χ0) is 72.2. The second kappa shape index (κ2) is 35.7. The standard InChI is InChI=1S/C69H88ClN17O13/c1-37(2)29-50-62(94)81-49-15-8-9-26-74-57(89)24-23-47(60(92)80-48(61(93)82-50)25-27-75-69(72)73)79-66(98)54(34-58(90)77-36-55(59(71)91)86-67(99)56-16-10-28-87(56)68(49)100)85-65(97)53(33-43-35-76-46-14-7-6-13-45(43)46)84-64(96)52(31-39-18-21-44(70)22-19-39)83-63(95)51(78-38(3)88)32-40-17-20-41-11-4-5-12-42(41)30-40/h4-7,11-14,17-22,30,35,37,47-56,76H,8-10,15-16,23-29,31-34,36H2,1-3H3,(H2,71,91)(H,74,89)(H,77,90)(H,78,88)(H,79,98)(H,80,92)(H,81,94)(H,82,93)(H,83,95)(H,84,96)(H,85,97)(H,86,99)(H4,72,73,75)/t47-,48+,49+,50-,51-,52-,53-,54-,55+,56-/m0/s1. The molecule has 0 aliphatic carbocycles. The van der Waals surface area contributed by atoms with Crippen LogP contribution in [0.2, 0.25) is 5.02 Å². The summed E-state index contributed by atoms with van der Waals surface area (Å²) in [6, 6.07) is 11.5. The predicted molar refractivity (Wildman–Crippen MR) is 370 cm³/mol. The number of fused-ring (bicyclic) bond motifs is 25. The molecule has 30 nitrogen and oxygen atoms in total. The summed E-state index contributed by atoms with van der Waals surface area (Å²) < 4.78 is 0. The zero-order valence-electron chi connectivity index (χ0n) is 55.9. The molecule has 534 valence electrons. The number of hydrogen-bond donors (Lipinski definition) is 15. The molecule has 4 aliphatic heterocycles. The Morgan fingerprint density at radius 1 is 0.630 bits per heavy atom. The van der Waals surface area contributed by atoms with Gasteiger partial charge in [-0.1, -0.05) is 98.2 Å². The Kier molecular flexibility index (Phi) is 26.8. The first-order valence-corrected chi connectivity index (χ1v) is 33.8. The number of carbonyl (C=O) groups is 13. The largest absolute Gasteiger partial charge is 0.370 e. The van der Waals surface area contributed by atoms with Crippen LogP contribution in [-0.2, 0) is 81.6 Å². The van der Waals surface area contributed by atoms with Crippen molar-refractivity contribution < 1.29 is 62.3 Å².